The molecule has 2 aromatic carbocycles. The third-order valence-electron chi connectivity index (χ3n) is 2.28. The molecular weight excluding hydrogens is 398 g/mol. The minimum absolute atomic E-state index is 0.356. The minimum Gasteiger partial charge on any atom is -0.308 e. The first-order chi connectivity index (χ1) is 9.04. The molecule has 0 aliphatic carbocycles. The summed E-state index contributed by atoms with van der Waals surface area (Å²) in [6, 6.07) is 11.9. The zero-order chi connectivity index (χ0) is 13.8. The van der Waals surface area contributed by atoms with E-state index in [1.54, 1.807) is 36.4 Å². The van der Waals surface area contributed by atoms with Gasteiger partial charge in [-0.05, 0) is 65.1 Å². The maximum absolute atomic E-state index is 11.8. The van der Waals surface area contributed by atoms with Crippen LogP contribution in [0, 0.1) is 3.57 Å². The second kappa shape index (κ2) is 6.45. The summed E-state index contributed by atoms with van der Waals surface area (Å²) in [4.78, 5) is 11.8. The Morgan fingerprint density at radius 1 is 1.00 bits per heavy atom. The van der Waals surface area contributed by atoms with Crippen molar-refractivity contribution in [2.24, 2.45) is 0 Å². The van der Waals surface area contributed by atoms with E-state index in [0.717, 1.165) is 3.57 Å². The van der Waals surface area contributed by atoms with Crippen molar-refractivity contribution in [3.05, 3.63) is 56.1 Å². The van der Waals surface area contributed by atoms with Gasteiger partial charge >= 0.3 is 6.03 Å². The van der Waals surface area contributed by atoms with Gasteiger partial charge in [-0.1, -0.05) is 23.2 Å². The van der Waals surface area contributed by atoms with Gasteiger partial charge in [0, 0.05) is 14.3 Å². The molecule has 0 bridgehead atoms. The van der Waals surface area contributed by atoms with Gasteiger partial charge in [-0.2, -0.15) is 0 Å². The van der Waals surface area contributed by atoms with Gasteiger partial charge in [0.2, 0.25) is 0 Å². The number of carbonyl (C=O) groups is 1. The van der Waals surface area contributed by atoms with Crippen molar-refractivity contribution in [2.75, 3.05) is 10.6 Å². The van der Waals surface area contributed by atoms with Crippen LogP contribution in [0.4, 0.5) is 16.2 Å². The summed E-state index contributed by atoms with van der Waals surface area (Å²) < 4.78 is 1.01. The van der Waals surface area contributed by atoms with Crippen LogP contribution in [0.5, 0.6) is 0 Å². The highest BCUT2D eigenvalue weighted by atomic mass is 127. The van der Waals surface area contributed by atoms with E-state index >= 15 is 0 Å². The van der Waals surface area contributed by atoms with Crippen molar-refractivity contribution in [1.29, 1.82) is 0 Å². The van der Waals surface area contributed by atoms with Gasteiger partial charge in [-0.25, -0.2) is 4.79 Å². The predicted molar refractivity (Wildman–Crippen MR) is 88.3 cm³/mol. The van der Waals surface area contributed by atoms with Crippen molar-refractivity contribution in [3.8, 4) is 0 Å². The third-order valence-corrected chi connectivity index (χ3v) is 3.52. The molecule has 3 nitrogen and oxygen atoms in total. The molecular formula is C13H9Cl2IN2O. The lowest BCUT2D eigenvalue weighted by atomic mass is 10.3. The number of benzene rings is 2. The molecule has 2 rings (SSSR count). The summed E-state index contributed by atoms with van der Waals surface area (Å²) in [6.45, 7) is 0. The van der Waals surface area contributed by atoms with E-state index in [1.807, 2.05) is 6.07 Å². The number of hydrogen-bond acceptors (Lipinski definition) is 1. The molecule has 0 atom stereocenters. The smallest absolute Gasteiger partial charge is 0.308 e. The maximum atomic E-state index is 11.8. The number of carbonyl (C=O) groups excluding carboxylic acids is 1. The molecule has 0 radical (unpaired) electrons. The van der Waals surface area contributed by atoms with Crippen molar-refractivity contribution >= 4 is 63.2 Å². The van der Waals surface area contributed by atoms with Gasteiger partial charge < -0.3 is 10.6 Å². The average Bonchev–Trinajstić information content (AvgIpc) is 2.36. The summed E-state index contributed by atoms with van der Waals surface area (Å²) in [5.74, 6) is 0. The highest BCUT2D eigenvalue weighted by Gasteiger charge is 2.06. The minimum atomic E-state index is -0.356. The Morgan fingerprint density at radius 2 is 1.68 bits per heavy atom. The molecule has 0 aromatic heterocycles. The fraction of sp³-hybridized carbons (Fsp3) is 0. The number of halogens is 3. The second-order valence-electron chi connectivity index (χ2n) is 3.71. The Labute approximate surface area is 134 Å². The number of hydrogen-bond donors (Lipinski definition) is 2. The number of anilines is 2. The molecule has 0 fully saturated rings. The van der Waals surface area contributed by atoms with Crippen LogP contribution in [0.1, 0.15) is 0 Å². The molecule has 2 amide bonds. The molecule has 0 heterocycles. The lowest BCUT2D eigenvalue weighted by Gasteiger charge is -2.09. The van der Waals surface area contributed by atoms with Gasteiger partial charge in [-0.3, -0.25) is 0 Å². The quantitative estimate of drug-likeness (QED) is 0.657. The molecule has 0 aliphatic heterocycles. The Balaban J connectivity index is 2.03. The fourth-order valence-electron chi connectivity index (χ4n) is 1.41. The van der Waals surface area contributed by atoms with E-state index < -0.39 is 0 Å². The lowest BCUT2D eigenvalue weighted by Crippen LogP contribution is -2.19. The first kappa shape index (κ1) is 14.4. The standard InChI is InChI=1S/C13H9Cl2IN2O/c14-8-1-4-10(5-2-8)17-13(19)18-12-6-3-9(16)7-11(12)15/h1-7H,(H2,17,18,19). The van der Waals surface area contributed by atoms with E-state index in [0.29, 0.717) is 21.4 Å². The molecule has 98 valence electrons. The van der Waals surface area contributed by atoms with E-state index in [1.165, 1.54) is 0 Å². The van der Waals surface area contributed by atoms with Gasteiger partial charge in [0.15, 0.2) is 0 Å². The van der Waals surface area contributed by atoms with Crippen molar-refractivity contribution < 1.29 is 4.79 Å². The maximum Gasteiger partial charge on any atom is 0.323 e. The van der Waals surface area contributed by atoms with Gasteiger partial charge in [0.25, 0.3) is 0 Å². The summed E-state index contributed by atoms with van der Waals surface area (Å²) >= 11 is 14.0. The van der Waals surface area contributed by atoms with Crippen LogP contribution in [0.25, 0.3) is 0 Å². The first-order valence-corrected chi connectivity index (χ1v) is 7.17. The molecule has 0 aliphatic rings. The van der Waals surface area contributed by atoms with Crippen LogP contribution in [0.15, 0.2) is 42.5 Å². The van der Waals surface area contributed by atoms with Gasteiger partial charge in [0.1, 0.15) is 0 Å². The predicted octanol–water partition coefficient (Wildman–Crippen LogP) is 5.24. The van der Waals surface area contributed by atoms with E-state index in [2.05, 4.69) is 33.2 Å². The number of amides is 2. The molecule has 19 heavy (non-hydrogen) atoms. The summed E-state index contributed by atoms with van der Waals surface area (Å²) in [7, 11) is 0. The normalized spacial score (nSPS) is 10.1. The summed E-state index contributed by atoms with van der Waals surface area (Å²) in [6.07, 6.45) is 0. The molecule has 0 spiro atoms. The third kappa shape index (κ3) is 4.26. The molecule has 0 unspecified atom stereocenters. The van der Waals surface area contributed by atoms with Crippen LogP contribution < -0.4 is 10.6 Å². The van der Waals surface area contributed by atoms with Gasteiger partial charge in [-0.15, -0.1) is 0 Å². The molecule has 0 saturated heterocycles. The fourth-order valence-corrected chi connectivity index (χ4v) is 2.44. The highest BCUT2D eigenvalue weighted by Crippen LogP contribution is 2.24. The van der Waals surface area contributed by atoms with E-state index in [-0.39, 0.29) is 6.03 Å². The van der Waals surface area contributed by atoms with Crippen molar-refractivity contribution in [3.63, 3.8) is 0 Å². The van der Waals surface area contributed by atoms with Crippen LogP contribution in [-0.4, -0.2) is 6.03 Å². The monoisotopic (exact) mass is 406 g/mol. The molecule has 2 N–H and O–H groups in total. The van der Waals surface area contributed by atoms with Gasteiger partial charge in [0.05, 0.1) is 10.7 Å². The van der Waals surface area contributed by atoms with Crippen LogP contribution >= 0.6 is 45.8 Å². The first-order valence-electron chi connectivity index (χ1n) is 5.33. The number of nitrogens with one attached hydrogen (secondary N) is 2. The highest BCUT2D eigenvalue weighted by molar-refractivity contribution is 14.1. The largest absolute Gasteiger partial charge is 0.323 e. The van der Waals surface area contributed by atoms with E-state index in [4.69, 9.17) is 23.2 Å². The van der Waals surface area contributed by atoms with Crippen LogP contribution in [0.3, 0.4) is 0 Å². The number of rotatable bonds is 2. The molecule has 6 heteroatoms. The zero-order valence-corrected chi connectivity index (χ0v) is 13.3. The Hall–Kier alpha value is -0.980. The average molecular weight is 407 g/mol. The van der Waals surface area contributed by atoms with E-state index in [9.17, 15) is 4.79 Å². The number of urea groups is 1. The molecule has 2 aromatic rings. The Morgan fingerprint density at radius 3 is 2.32 bits per heavy atom. The molecule has 0 saturated carbocycles. The summed E-state index contributed by atoms with van der Waals surface area (Å²) in [5, 5.41) is 6.49. The van der Waals surface area contributed by atoms with Crippen LogP contribution in [-0.2, 0) is 0 Å². The lowest BCUT2D eigenvalue weighted by molar-refractivity contribution is 0.262. The Kier molecular flexibility index (Phi) is 4.90. The SMILES string of the molecule is O=C(Nc1ccc(Cl)cc1)Nc1ccc(I)cc1Cl. The van der Waals surface area contributed by atoms with Crippen molar-refractivity contribution in [1.82, 2.24) is 0 Å². The zero-order valence-electron chi connectivity index (χ0n) is 9.58. The van der Waals surface area contributed by atoms with Crippen LogP contribution in [0.2, 0.25) is 10.0 Å². The second-order valence-corrected chi connectivity index (χ2v) is 5.80. The topological polar surface area (TPSA) is 41.1 Å². The Bertz CT molecular complexity index is 602. The summed E-state index contributed by atoms with van der Waals surface area (Å²) in [5.41, 5.74) is 1.22. The van der Waals surface area contributed by atoms with Crippen molar-refractivity contribution in [2.45, 2.75) is 0 Å².